The van der Waals surface area contributed by atoms with Crippen molar-refractivity contribution in [2.24, 2.45) is 0 Å². The molecule has 2 aromatic heterocycles. The monoisotopic (exact) mass is 213 g/mol. The number of aromatic nitrogens is 3. The summed E-state index contributed by atoms with van der Waals surface area (Å²) in [5, 5.41) is 0. The number of fused-ring (bicyclic) bond motifs is 1. The van der Waals surface area contributed by atoms with Gasteiger partial charge in [0, 0.05) is 6.07 Å². The highest BCUT2D eigenvalue weighted by atomic mass is 19.1. The number of halogens is 1. The van der Waals surface area contributed by atoms with E-state index in [1.54, 1.807) is 12.5 Å². The standard InChI is InChI=1S/C12H8FN3/c13-9-5-10(7-14-6-9)16-8-15-11-3-1-2-4-12(11)16/h1-8H. The topological polar surface area (TPSA) is 30.7 Å². The number of imidazole rings is 1. The van der Waals surface area contributed by atoms with Crippen LogP contribution in [0, 0.1) is 5.82 Å². The molecule has 0 atom stereocenters. The van der Waals surface area contributed by atoms with Gasteiger partial charge in [-0.1, -0.05) is 12.1 Å². The van der Waals surface area contributed by atoms with Crippen molar-refractivity contribution in [1.82, 2.24) is 14.5 Å². The molecule has 0 fully saturated rings. The molecule has 3 aromatic rings. The second-order valence-electron chi connectivity index (χ2n) is 3.46. The molecule has 3 rings (SSSR count). The van der Waals surface area contributed by atoms with Crippen molar-refractivity contribution in [3.63, 3.8) is 0 Å². The smallest absolute Gasteiger partial charge is 0.143 e. The summed E-state index contributed by atoms with van der Waals surface area (Å²) in [4.78, 5) is 8.06. The fourth-order valence-electron chi connectivity index (χ4n) is 1.70. The SMILES string of the molecule is Fc1cncc(-n2cnc3ccccc32)c1. The number of pyridine rings is 1. The second kappa shape index (κ2) is 3.41. The molecule has 0 bridgehead atoms. The van der Waals surface area contributed by atoms with E-state index < -0.39 is 0 Å². The van der Waals surface area contributed by atoms with Crippen LogP contribution >= 0.6 is 0 Å². The molecule has 0 aliphatic heterocycles. The van der Waals surface area contributed by atoms with Gasteiger partial charge in [0.1, 0.15) is 12.1 Å². The maximum absolute atomic E-state index is 13.1. The summed E-state index contributed by atoms with van der Waals surface area (Å²) in [6.45, 7) is 0. The van der Waals surface area contributed by atoms with Crippen molar-refractivity contribution in [2.75, 3.05) is 0 Å². The quantitative estimate of drug-likeness (QED) is 0.622. The average Bonchev–Trinajstić information content (AvgIpc) is 2.72. The van der Waals surface area contributed by atoms with Crippen molar-refractivity contribution < 1.29 is 4.39 Å². The highest BCUT2D eigenvalue weighted by Gasteiger charge is 2.04. The molecule has 0 saturated heterocycles. The number of hydrogen-bond acceptors (Lipinski definition) is 2. The molecule has 0 aliphatic rings. The molecule has 78 valence electrons. The van der Waals surface area contributed by atoms with Crippen LogP contribution in [0.4, 0.5) is 4.39 Å². The first kappa shape index (κ1) is 9.03. The number of hydrogen-bond donors (Lipinski definition) is 0. The minimum Gasteiger partial charge on any atom is -0.297 e. The molecule has 0 saturated carbocycles. The van der Waals surface area contributed by atoms with E-state index in [2.05, 4.69) is 9.97 Å². The van der Waals surface area contributed by atoms with E-state index in [-0.39, 0.29) is 5.82 Å². The summed E-state index contributed by atoms with van der Waals surface area (Å²) >= 11 is 0. The fraction of sp³-hybridized carbons (Fsp3) is 0. The number of nitrogens with zero attached hydrogens (tertiary/aromatic N) is 3. The Morgan fingerprint density at radius 3 is 2.88 bits per heavy atom. The second-order valence-corrected chi connectivity index (χ2v) is 3.46. The summed E-state index contributed by atoms with van der Waals surface area (Å²) in [6.07, 6.45) is 4.46. The molecule has 16 heavy (non-hydrogen) atoms. The van der Waals surface area contributed by atoms with Crippen LogP contribution in [0.15, 0.2) is 49.1 Å². The first-order valence-electron chi connectivity index (χ1n) is 4.87. The van der Waals surface area contributed by atoms with Crippen molar-refractivity contribution in [3.05, 3.63) is 54.9 Å². The number of rotatable bonds is 1. The van der Waals surface area contributed by atoms with E-state index in [1.165, 1.54) is 12.3 Å². The van der Waals surface area contributed by atoms with Crippen LogP contribution in [0.25, 0.3) is 16.7 Å². The summed E-state index contributed by atoms with van der Waals surface area (Å²) < 4.78 is 14.9. The Bertz CT molecular complexity index is 645. The van der Waals surface area contributed by atoms with Crippen molar-refractivity contribution >= 4 is 11.0 Å². The Balaban J connectivity index is 2.26. The van der Waals surface area contributed by atoms with Gasteiger partial charge < -0.3 is 0 Å². The van der Waals surface area contributed by atoms with Crippen LogP contribution in [-0.2, 0) is 0 Å². The summed E-state index contributed by atoms with van der Waals surface area (Å²) in [5.41, 5.74) is 2.50. The molecule has 0 N–H and O–H groups in total. The largest absolute Gasteiger partial charge is 0.297 e. The van der Waals surface area contributed by atoms with Gasteiger partial charge in [-0.15, -0.1) is 0 Å². The van der Waals surface area contributed by atoms with E-state index in [9.17, 15) is 4.39 Å². The minimum absolute atomic E-state index is 0.352. The van der Waals surface area contributed by atoms with Gasteiger partial charge in [-0.2, -0.15) is 0 Å². The Morgan fingerprint density at radius 1 is 1.12 bits per heavy atom. The maximum atomic E-state index is 13.1. The summed E-state index contributed by atoms with van der Waals surface area (Å²) in [6, 6.07) is 9.13. The van der Waals surface area contributed by atoms with Crippen molar-refractivity contribution in [3.8, 4) is 5.69 Å². The third-order valence-corrected chi connectivity index (χ3v) is 2.42. The maximum Gasteiger partial charge on any atom is 0.143 e. The molecule has 4 heteroatoms. The van der Waals surface area contributed by atoms with Gasteiger partial charge in [0.25, 0.3) is 0 Å². The lowest BCUT2D eigenvalue weighted by Crippen LogP contribution is -1.93. The Hall–Kier alpha value is -2.23. The molecule has 0 spiro atoms. The molecular formula is C12H8FN3. The molecule has 0 aliphatic carbocycles. The average molecular weight is 213 g/mol. The van der Waals surface area contributed by atoms with Crippen LogP contribution < -0.4 is 0 Å². The Kier molecular flexibility index (Phi) is 1.93. The van der Waals surface area contributed by atoms with E-state index >= 15 is 0 Å². The molecular weight excluding hydrogens is 205 g/mol. The molecule has 0 radical (unpaired) electrons. The number of para-hydroxylation sites is 2. The summed E-state index contributed by atoms with van der Waals surface area (Å²) in [5.74, 6) is -0.352. The van der Waals surface area contributed by atoms with Crippen LogP contribution in [-0.4, -0.2) is 14.5 Å². The van der Waals surface area contributed by atoms with E-state index in [0.29, 0.717) is 5.69 Å². The van der Waals surface area contributed by atoms with Crippen LogP contribution in [0.5, 0.6) is 0 Å². The lowest BCUT2D eigenvalue weighted by atomic mass is 10.3. The Morgan fingerprint density at radius 2 is 2.00 bits per heavy atom. The van der Waals surface area contributed by atoms with Crippen molar-refractivity contribution in [2.45, 2.75) is 0 Å². The predicted molar refractivity (Wildman–Crippen MR) is 58.8 cm³/mol. The molecule has 0 unspecified atom stereocenters. The lowest BCUT2D eigenvalue weighted by Gasteiger charge is -2.02. The first-order chi connectivity index (χ1) is 7.84. The van der Waals surface area contributed by atoms with Gasteiger partial charge in [0.15, 0.2) is 0 Å². The van der Waals surface area contributed by atoms with Crippen LogP contribution in [0.1, 0.15) is 0 Å². The first-order valence-corrected chi connectivity index (χ1v) is 4.87. The van der Waals surface area contributed by atoms with Gasteiger partial charge >= 0.3 is 0 Å². The number of benzene rings is 1. The van der Waals surface area contributed by atoms with Crippen LogP contribution in [0.3, 0.4) is 0 Å². The fourth-order valence-corrected chi connectivity index (χ4v) is 1.70. The summed E-state index contributed by atoms with van der Waals surface area (Å²) in [7, 11) is 0. The van der Waals surface area contributed by atoms with Gasteiger partial charge in [-0.3, -0.25) is 9.55 Å². The molecule has 2 heterocycles. The normalized spacial score (nSPS) is 10.8. The highest BCUT2D eigenvalue weighted by molar-refractivity contribution is 5.77. The van der Waals surface area contributed by atoms with Crippen molar-refractivity contribution in [1.29, 1.82) is 0 Å². The van der Waals surface area contributed by atoms with E-state index in [1.807, 2.05) is 28.8 Å². The molecule has 0 amide bonds. The molecule has 1 aromatic carbocycles. The minimum atomic E-state index is -0.352. The zero-order valence-electron chi connectivity index (χ0n) is 8.34. The van der Waals surface area contributed by atoms with Gasteiger partial charge in [0.05, 0.1) is 29.1 Å². The van der Waals surface area contributed by atoms with Gasteiger partial charge in [0.2, 0.25) is 0 Å². The van der Waals surface area contributed by atoms with Crippen LogP contribution in [0.2, 0.25) is 0 Å². The Labute approximate surface area is 91.2 Å². The third kappa shape index (κ3) is 1.35. The zero-order chi connectivity index (χ0) is 11.0. The molecule has 3 nitrogen and oxygen atoms in total. The van der Waals surface area contributed by atoms with Gasteiger partial charge in [-0.25, -0.2) is 9.37 Å². The van der Waals surface area contributed by atoms with E-state index in [4.69, 9.17) is 0 Å². The zero-order valence-corrected chi connectivity index (χ0v) is 8.34. The lowest BCUT2D eigenvalue weighted by molar-refractivity contribution is 0.620. The van der Waals surface area contributed by atoms with E-state index in [0.717, 1.165) is 11.0 Å². The highest BCUT2D eigenvalue weighted by Crippen LogP contribution is 2.17. The predicted octanol–water partition coefficient (Wildman–Crippen LogP) is 2.56. The third-order valence-electron chi connectivity index (χ3n) is 2.42. The van der Waals surface area contributed by atoms with Gasteiger partial charge in [-0.05, 0) is 12.1 Å².